The molecule has 3 aromatic rings. The number of benzene rings is 2. The maximum atomic E-state index is 13.1. The smallest absolute Gasteiger partial charge is 0.308 e. The number of hydrogen-bond donors (Lipinski definition) is 3. The predicted octanol–water partition coefficient (Wildman–Crippen LogP) is 2.27. The minimum atomic E-state index is -0.746. The van der Waals surface area contributed by atoms with E-state index in [0.29, 0.717) is 21.2 Å². The number of rotatable bonds is 4. The molecule has 5 rings (SSSR count). The van der Waals surface area contributed by atoms with E-state index in [1.54, 1.807) is 12.1 Å². The summed E-state index contributed by atoms with van der Waals surface area (Å²) in [7, 11) is 0. The summed E-state index contributed by atoms with van der Waals surface area (Å²) in [5.41, 5.74) is 1.06. The van der Waals surface area contributed by atoms with Gasteiger partial charge in [0.25, 0.3) is 0 Å². The number of aromatic nitrogens is 1. The number of carbonyl (C=O) groups excluding carboxylic acids is 3. The van der Waals surface area contributed by atoms with E-state index >= 15 is 0 Å². The number of nitrogens with zero attached hydrogens (tertiary/aromatic N) is 1. The number of imide groups is 1. The van der Waals surface area contributed by atoms with Gasteiger partial charge in [0.1, 0.15) is 23.4 Å². The highest BCUT2D eigenvalue weighted by atomic mass is 32.2. The van der Waals surface area contributed by atoms with Crippen LogP contribution in [-0.4, -0.2) is 32.6 Å². The Kier molecular flexibility index (Phi) is 5.29. The van der Waals surface area contributed by atoms with Gasteiger partial charge in [-0.25, -0.2) is 4.39 Å². The highest BCUT2D eigenvalue weighted by Gasteiger charge is 2.52. The second-order valence-corrected chi connectivity index (χ2v) is 9.79. The van der Waals surface area contributed by atoms with Gasteiger partial charge in [-0.3, -0.25) is 29.1 Å². The van der Waals surface area contributed by atoms with Gasteiger partial charge in [-0.05, 0) is 42.0 Å². The summed E-state index contributed by atoms with van der Waals surface area (Å²) < 4.78 is 14.4. The Morgan fingerprint density at radius 3 is 2.45 bits per heavy atom. The molecule has 2 aliphatic rings. The van der Waals surface area contributed by atoms with Crippen LogP contribution in [0, 0.1) is 11.7 Å². The van der Waals surface area contributed by atoms with Crippen molar-refractivity contribution in [2.24, 2.45) is 5.92 Å². The van der Waals surface area contributed by atoms with Gasteiger partial charge in [0.15, 0.2) is 0 Å². The van der Waals surface area contributed by atoms with Gasteiger partial charge in [-0.15, -0.1) is 0 Å². The molecule has 0 aliphatic carbocycles. The number of phenols is 1. The van der Waals surface area contributed by atoms with Crippen LogP contribution in [0.1, 0.15) is 16.4 Å². The zero-order valence-corrected chi connectivity index (χ0v) is 18.4. The lowest BCUT2D eigenvalue weighted by atomic mass is 9.83. The molecule has 0 bridgehead atoms. The van der Waals surface area contributed by atoms with Crippen molar-refractivity contribution in [1.29, 1.82) is 0 Å². The van der Waals surface area contributed by atoms with E-state index in [0.717, 1.165) is 23.1 Å². The van der Waals surface area contributed by atoms with Crippen LogP contribution < -0.4 is 15.5 Å². The Morgan fingerprint density at radius 2 is 1.76 bits per heavy atom. The molecule has 3 heterocycles. The molecule has 1 aromatic heterocycles. The molecule has 1 fully saturated rings. The lowest BCUT2D eigenvalue weighted by Crippen LogP contribution is -2.32. The standard InChI is InChI=1S/C22H16FN3O5S2/c23-11-3-5-12(6-4-11)24-14(28)9-26-21-18(33-22(26)31)15(10-1-7-13(27)8-2-10)16-17(32-21)20(30)25-19(16)29/h1-8,15-17,27H,9H2,(H,24,28)(H,25,29,30)/t15-,16?,17?/m0/s1. The van der Waals surface area contributed by atoms with Crippen molar-refractivity contribution in [1.82, 2.24) is 9.88 Å². The summed E-state index contributed by atoms with van der Waals surface area (Å²) in [4.78, 5) is 50.8. The molecular weight excluding hydrogens is 469 g/mol. The molecule has 1 saturated heterocycles. The Hall–Kier alpha value is -3.44. The van der Waals surface area contributed by atoms with Crippen LogP contribution in [-0.2, 0) is 20.9 Å². The SMILES string of the molecule is O=C(Cn1c2c(sc1=O)[C@@H](c1ccc(O)cc1)C1C(=O)NC(=O)C1S2)Nc1ccc(F)cc1. The van der Waals surface area contributed by atoms with Gasteiger partial charge in [0.05, 0.1) is 10.9 Å². The number of thioether (sulfide) groups is 1. The topological polar surface area (TPSA) is 118 Å². The van der Waals surface area contributed by atoms with Crippen molar-refractivity contribution in [2.75, 3.05) is 5.32 Å². The fraction of sp³-hybridized carbons (Fsp3) is 0.182. The molecule has 2 aromatic carbocycles. The van der Waals surface area contributed by atoms with Crippen LogP contribution in [0.25, 0.3) is 0 Å². The minimum absolute atomic E-state index is 0.0517. The molecule has 168 valence electrons. The molecule has 2 aliphatic heterocycles. The first-order valence-corrected chi connectivity index (χ1v) is 11.6. The number of hydrogen-bond acceptors (Lipinski definition) is 7. The molecule has 0 radical (unpaired) electrons. The van der Waals surface area contributed by atoms with E-state index < -0.39 is 45.5 Å². The third-order valence-electron chi connectivity index (χ3n) is 5.57. The summed E-state index contributed by atoms with van der Waals surface area (Å²) in [6, 6.07) is 11.5. The molecular formula is C22H16FN3O5S2. The van der Waals surface area contributed by atoms with Crippen LogP contribution in [0.5, 0.6) is 5.75 Å². The monoisotopic (exact) mass is 485 g/mol. The highest BCUT2D eigenvalue weighted by molar-refractivity contribution is 8.00. The first kappa shape index (κ1) is 21.4. The van der Waals surface area contributed by atoms with E-state index in [1.165, 1.54) is 41.0 Å². The molecule has 3 N–H and O–H groups in total. The maximum absolute atomic E-state index is 13.1. The third-order valence-corrected chi connectivity index (χ3v) is 8.19. The first-order chi connectivity index (χ1) is 15.8. The highest BCUT2D eigenvalue weighted by Crippen LogP contribution is 2.51. The number of aromatic hydroxyl groups is 1. The predicted molar refractivity (Wildman–Crippen MR) is 120 cm³/mol. The molecule has 11 heteroatoms. The number of anilines is 1. The van der Waals surface area contributed by atoms with E-state index in [2.05, 4.69) is 10.6 Å². The number of carbonyl (C=O) groups is 3. The van der Waals surface area contributed by atoms with E-state index in [1.807, 2.05) is 0 Å². The van der Waals surface area contributed by atoms with Gasteiger partial charge in [-0.2, -0.15) is 0 Å². The number of nitrogens with one attached hydrogen (secondary N) is 2. The van der Waals surface area contributed by atoms with E-state index in [9.17, 15) is 28.7 Å². The Morgan fingerprint density at radius 1 is 1.06 bits per heavy atom. The second kappa shape index (κ2) is 8.16. The van der Waals surface area contributed by atoms with Gasteiger partial charge < -0.3 is 10.4 Å². The molecule has 8 nitrogen and oxygen atoms in total. The van der Waals surface area contributed by atoms with E-state index in [-0.39, 0.29) is 12.3 Å². The fourth-order valence-electron chi connectivity index (χ4n) is 4.09. The molecule has 2 unspecified atom stereocenters. The van der Waals surface area contributed by atoms with Crippen LogP contribution in [0.2, 0.25) is 0 Å². The normalized spacial score (nSPS) is 21.3. The number of fused-ring (bicyclic) bond motifs is 2. The lowest BCUT2D eigenvalue weighted by Gasteiger charge is -2.30. The number of halogens is 1. The summed E-state index contributed by atoms with van der Waals surface area (Å²) in [6.07, 6.45) is 0. The zero-order valence-electron chi connectivity index (χ0n) is 16.8. The Balaban J connectivity index is 1.52. The van der Waals surface area contributed by atoms with Crippen LogP contribution >= 0.6 is 23.1 Å². The summed E-state index contributed by atoms with van der Waals surface area (Å²) in [5.74, 6) is -3.01. The van der Waals surface area contributed by atoms with E-state index in [4.69, 9.17) is 0 Å². The van der Waals surface area contributed by atoms with Crippen molar-refractivity contribution >= 4 is 46.5 Å². The largest absolute Gasteiger partial charge is 0.508 e. The van der Waals surface area contributed by atoms with Crippen molar-refractivity contribution < 1.29 is 23.9 Å². The van der Waals surface area contributed by atoms with Crippen molar-refractivity contribution in [3.63, 3.8) is 0 Å². The maximum Gasteiger partial charge on any atom is 0.308 e. The average molecular weight is 486 g/mol. The third kappa shape index (κ3) is 3.83. The summed E-state index contributed by atoms with van der Waals surface area (Å²) >= 11 is 2.03. The summed E-state index contributed by atoms with van der Waals surface area (Å²) in [6.45, 7) is -0.301. The Bertz CT molecular complexity index is 1330. The van der Waals surface area contributed by atoms with Gasteiger partial charge in [-0.1, -0.05) is 35.2 Å². The van der Waals surface area contributed by atoms with Crippen LogP contribution in [0.15, 0.2) is 58.4 Å². The quantitative estimate of drug-likeness (QED) is 0.488. The molecule has 0 saturated carbocycles. The minimum Gasteiger partial charge on any atom is -0.508 e. The Labute approximate surface area is 194 Å². The van der Waals surface area contributed by atoms with Crippen LogP contribution in [0.4, 0.5) is 10.1 Å². The van der Waals surface area contributed by atoms with Gasteiger partial charge in [0, 0.05) is 16.5 Å². The van der Waals surface area contributed by atoms with Crippen molar-refractivity contribution in [2.45, 2.75) is 22.7 Å². The second-order valence-electron chi connectivity index (χ2n) is 7.67. The van der Waals surface area contributed by atoms with Crippen molar-refractivity contribution in [3.8, 4) is 5.75 Å². The lowest BCUT2D eigenvalue weighted by molar-refractivity contribution is -0.126. The molecule has 0 spiro atoms. The average Bonchev–Trinajstić information content (AvgIpc) is 3.24. The molecule has 33 heavy (non-hydrogen) atoms. The molecule has 3 amide bonds. The molecule has 3 atom stereocenters. The number of amides is 3. The number of phenolic OH excluding ortho intramolecular Hbond substituents is 1. The zero-order chi connectivity index (χ0) is 23.3. The van der Waals surface area contributed by atoms with Gasteiger partial charge >= 0.3 is 4.87 Å². The van der Waals surface area contributed by atoms with Gasteiger partial charge in [0.2, 0.25) is 17.7 Å². The van der Waals surface area contributed by atoms with Crippen LogP contribution in [0.3, 0.4) is 0 Å². The fourth-order valence-corrected chi connectivity index (χ4v) is 6.83. The summed E-state index contributed by atoms with van der Waals surface area (Å²) in [5, 5.41) is 14.4. The van der Waals surface area contributed by atoms with Crippen molar-refractivity contribution in [3.05, 3.63) is 74.5 Å². The number of thiazole rings is 1. The first-order valence-electron chi connectivity index (χ1n) is 9.91.